The quantitative estimate of drug-likeness (QED) is 0.339. The van der Waals surface area contributed by atoms with Gasteiger partial charge in [-0.25, -0.2) is 0 Å². The second-order valence-electron chi connectivity index (χ2n) is 9.87. The van der Waals surface area contributed by atoms with Gasteiger partial charge in [-0.3, -0.25) is 18.9 Å². The lowest BCUT2D eigenvalue weighted by atomic mass is 9.87. The molecule has 0 radical (unpaired) electrons. The van der Waals surface area contributed by atoms with Crippen LogP contribution in [0.25, 0.3) is 11.7 Å². The fourth-order valence-corrected chi connectivity index (χ4v) is 5.46. The molecule has 36 heavy (non-hydrogen) atoms. The van der Waals surface area contributed by atoms with E-state index in [1.165, 1.54) is 16.2 Å². The smallest absolute Gasteiger partial charge is 0.269 e. The maximum atomic E-state index is 13.5. The van der Waals surface area contributed by atoms with E-state index in [1.54, 1.807) is 35.4 Å². The summed E-state index contributed by atoms with van der Waals surface area (Å²) in [5, 5.41) is 0. The predicted molar refractivity (Wildman–Crippen MR) is 146 cm³/mol. The Bertz CT molecular complexity index is 1420. The molecule has 2 saturated heterocycles. The highest BCUT2D eigenvalue weighted by Crippen LogP contribution is 2.35. The number of carbonyl (C=O) groups is 1. The number of pyridine rings is 1. The first-order chi connectivity index (χ1) is 17.2. The van der Waals surface area contributed by atoms with Crippen molar-refractivity contribution in [2.24, 2.45) is 0 Å². The van der Waals surface area contributed by atoms with Gasteiger partial charge in [-0.1, -0.05) is 63.0 Å². The summed E-state index contributed by atoms with van der Waals surface area (Å²) >= 11 is 6.65. The number of thioether (sulfide) groups is 1. The first-order valence-electron chi connectivity index (χ1n) is 11.9. The van der Waals surface area contributed by atoms with Crippen molar-refractivity contribution in [1.82, 2.24) is 14.3 Å². The van der Waals surface area contributed by atoms with Crippen LogP contribution in [0.4, 0.5) is 0 Å². The third-order valence-electron chi connectivity index (χ3n) is 6.23. The van der Waals surface area contributed by atoms with E-state index in [0.717, 1.165) is 18.4 Å². The molecule has 2 fully saturated rings. The third-order valence-corrected chi connectivity index (χ3v) is 7.61. The number of nitrogens with zero attached hydrogens (tertiary/aromatic N) is 3. The fourth-order valence-electron chi connectivity index (χ4n) is 4.20. The van der Waals surface area contributed by atoms with Crippen LogP contribution >= 0.6 is 24.0 Å². The number of hydrogen-bond donors (Lipinski definition) is 0. The molecule has 2 aliphatic rings. The van der Waals surface area contributed by atoms with Crippen molar-refractivity contribution in [2.45, 2.75) is 45.1 Å². The van der Waals surface area contributed by atoms with E-state index < -0.39 is 0 Å². The summed E-state index contributed by atoms with van der Waals surface area (Å²) in [4.78, 5) is 33.2. The number of carbonyl (C=O) groups excluding carboxylic acids is 1. The minimum Gasteiger partial charge on any atom is -0.438 e. The maximum absolute atomic E-state index is 13.5. The molecule has 5 rings (SSSR count). The van der Waals surface area contributed by atoms with Crippen molar-refractivity contribution >= 4 is 45.9 Å². The Morgan fingerprint density at radius 3 is 2.67 bits per heavy atom. The number of rotatable bonds is 5. The molecule has 1 unspecified atom stereocenters. The average molecular weight is 522 g/mol. The summed E-state index contributed by atoms with van der Waals surface area (Å²) in [5.41, 5.74) is 1.48. The highest BCUT2D eigenvalue weighted by Gasteiger charge is 2.35. The summed E-state index contributed by atoms with van der Waals surface area (Å²) in [6.45, 7) is 7.54. The zero-order chi connectivity index (χ0) is 25.4. The molecule has 2 aliphatic heterocycles. The molecular formula is C27H27N3O4S2. The molecule has 0 aliphatic carbocycles. The van der Waals surface area contributed by atoms with E-state index in [-0.39, 0.29) is 34.4 Å². The maximum Gasteiger partial charge on any atom is 0.269 e. The fraction of sp³-hybridized carbons (Fsp3) is 0.333. The Labute approximate surface area is 219 Å². The predicted octanol–water partition coefficient (Wildman–Crippen LogP) is 5.16. The standard InChI is InChI=1S/C27H27N3O4S2/c1-27(2,3)17-9-11-18(12-10-17)34-23-20(24(31)29-13-5-4-8-22(29)28-23)15-21-25(32)30(26(35)36-21)16-19-7-6-14-33-19/h4-5,8-13,15,19H,6-7,14,16H2,1-3H3/b21-15+. The van der Waals surface area contributed by atoms with E-state index in [9.17, 15) is 9.59 Å². The number of benzene rings is 1. The van der Waals surface area contributed by atoms with Gasteiger partial charge in [0.2, 0.25) is 5.88 Å². The van der Waals surface area contributed by atoms with Crippen LogP contribution in [0.5, 0.6) is 11.6 Å². The van der Waals surface area contributed by atoms with Crippen LogP contribution < -0.4 is 10.3 Å². The largest absolute Gasteiger partial charge is 0.438 e. The highest BCUT2D eigenvalue weighted by atomic mass is 32.2. The van der Waals surface area contributed by atoms with E-state index in [0.29, 0.717) is 33.8 Å². The Kier molecular flexibility index (Phi) is 6.72. The van der Waals surface area contributed by atoms with E-state index in [1.807, 2.05) is 24.3 Å². The molecule has 2 aromatic heterocycles. The van der Waals surface area contributed by atoms with Crippen molar-refractivity contribution < 1.29 is 14.3 Å². The average Bonchev–Trinajstić information content (AvgIpc) is 3.45. The Balaban J connectivity index is 1.52. The second-order valence-corrected chi connectivity index (χ2v) is 11.5. The zero-order valence-corrected chi connectivity index (χ0v) is 22.0. The van der Waals surface area contributed by atoms with E-state index in [2.05, 4.69) is 25.8 Å². The number of aromatic nitrogens is 2. The summed E-state index contributed by atoms with van der Waals surface area (Å²) in [6, 6.07) is 13.0. The van der Waals surface area contributed by atoms with Gasteiger partial charge in [0, 0.05) is 12.8 Å². The summed E-state index contributed by atoms with van der Waals surface area (Å²) in [7, 11) is 0. The third kappa shape index (κ3) is 4.96. The Hall–Kier alpha value is -3.01. The number of thiocarbonyl (C=S) groups is 1. The molecule has 4 heterocycles. The Morgan fingerprint density at radius 2 is 1.97 bits per heavy atom. The SMILES string of the molecule is CC(C)(C)c1ccc(Oc2nc3ccccn3c(=O)c2/C=C2/SC(=S)N(CC3CCCO3)C2=O)cc1. The molecule has 0 spiro atoms. The van der Waals surface area contributed by atoms with Gasteiger partial charge < -0.3 is 9.47 Å². The monoisotopic (exact) mass is 521 g/mol. The lowest BCUT2D eigenvalue weighted by molar-refractivity contribution is -0.123. The molecule has 1 aromatic carbocycles. The van der Waals surface area contributed by atoms with Gasteiger partial charge in [0.25, 0.3) is 11.5 Å². The van der Waals surface area contributed by atoms with Gasteiger partial charge >= 0.3 is 0 Å². The van der Waals surface area contributed by atoms with Crippen LogP contribution in [-0.2, 0) is 14.9 Å². The van der Waals surface area contributed by atoms with Gasteiger partial charge in [0.1, 0.15) is 21.3 Å². The van der Waals surface area contributed by atoms with E-state index in [4.69, 9.17) is 21.7 Å². The van der Waals surface area contributed by atoms with Crippen molar-refractivity contribution in [2.75, 3.05) is 13.2 Å². The Morgan fingerprint density at radius 1 is 1.19 bits per heavy atom. The van der Waals surface area contributed by atoms with Crippen molar-refractivity contribution in [3.05, 3.63) is 75.0 Å². The second kappa shape index (κ2) is 9.80. The van der Waals surface area contributed by atoms with Gasteiger partial charge in [-0.15, -0.1) is 0 Å². The van der Waals surface area contributed by atoms with Gasteiger partial charge in [0.05, 0.1) is 17.6 Å². The number of hydrogen-bond acceptors (Lipinski definition) is 7. The van der Waals surface area contributed by atoms with Crippen LogP contribution in [-0.4, -0.2) is 43.8 Å². The van der Waals surface area contributed by atoms with Gasteiger partial charge in [0.15, 0.2) is 0 Å². The molecule has 1 atom stereocenters. The zero-order valence-electron chi connectivity index (χ0n) is 20.4. The van der Waals surface area contributed by atoms with Crippen LogP contribution in [0.1, 0.15) is 44.7 Å². The lowest BCUT2D eigenvalue weighted by Gasteiger charge is -2.19. The summed E-state index contributed by atoms with van der Waals surface area (Å²) in [6.07, 6.45) is 5.05. The topological polar surface area (TPSA) is 73.1 Å². The van der Waals surface area contributed by atoms with Gasteiger partial charge in [-0.2, -0.15) is 4.98 Å². The van der Waals surface area contributed by atoms with E-state index >= 15 is 0 Å². The molecule has 0 bridgehead atoms. The number of amides is 1. The lowest BCUT2D eigenvalue weighted by Crippen LogP contribution is -2.35. The summed E-state index contributed by atoms with van der Waals surface area (Å²) in [5.74, 6) is 0.452. The van der Waals surface area contributed by atoms with Crippen LogP contribution in [0.2, 0.25) is 0 Å². The molecule has 3 aromatic rings. The molecule has 7 nitrogen and oxygen atoms in total. The van der Waals surface area contributed by atoms with Crippen LogP contribution in [0.15, 0.2) is 58.4 Å². The minimum absolute atomic E-state index is 0.00201. The minimum atomic E-state index is -0.327. The van der Waals surface area contributed by atoms with Gasteiger partial charge in [-0.05, 0) is 54.2 Å². The molecular weight excluding hydrogens is 494 g/mol. The van der Waals surface area contributed by atoms with Crippen molar-refractivity contribution in [3.8, 4) is 11.6 Å². The molecule has 9 heteroatoms. The molecule has 186 valence electrons. The highest BCUT2D eigenvalue weighted by molar-refractivity contribution is 8.26. The number of fused-ring (bicyclic) bond motifs is 1. The molecule has 1 amide bonds. The van der Waals surface area contributed by atoms with Crippen molar-refractivity contribution in [1.29, 1.82) is 0 Å². The first kappa shape index (κ1) is 24.7. The van der Waals surface area contributed by atoms with Crippen molar-refractivity contribution in [3.63, 3.8) is 0 Å². The normalized spacial score (nSPS) is 19.6. The van der Waals surface area contributed by atoms with Crippen LogP contribution in [0.3, 0.4) is 0 Å². The first-order valence-corrected chi connectivity index (χ1v) is 13.1. The summed E-state index contributed by atoms with van der Waals surface area (Å²) < 4.78 is 13.7. The molecule has 0 saturated carbocycles. The molecule has 0 N–H and O–H groups in total. The van der Waals surface area contributed by atoms with Crippen LogP contribution in [0, 0.1) is 0 Å². The number of ether oxygens (including phenoxy) is 2.